The monoisotopic (exact) mass is 502 g/mol. The number of nitrogens with zero attached hydrogens (tertiary/aromatic N) is 3. The number of hydrogen-bond acceptors (Lipinski definition) is 8. The second-order valence-corrected chi connectivity index (χ2v) is 10.5. The summed E-state index contributed by atoms with van der Waals surface area (Å²) >= 11 is 1.19. The van der Waals surface area contributed by atoms with Crippen molar-refractivity contribution in [3.8, 4) is 0 Å². The minimum absolute atomic E-state index is 0.211. The first-order valence-electron chi connectivity index (χ1n) is 10.7. The van der Waals surface area contributed by atoms with Crippen molar-refractivity contribution < 1.29 is 22.7 Å². The number of ether oxygens (including phenoxy) is 1. The summed E-state index contributed by atoms with van der Waals surface area (Å²) in [5, 5.41) is 10.9. The molecule has 180 valence electrons. The van der Waals surface area contributed by atoms with Gasteiger partial charge in [0, 0.05) is 12.7 Å². The number of hydrogen-bond donors (Lipinski definition) is 1. The number of benzene rings is 2. The van der Waals surface area contributed by atoms with E-state index in [1.807, 2.05) is 6.92 Å². The van der Waals surface area contributed by atoms with Gasteiger partial charge in [0.2, 0.25) is 5.91 Å². The Morgan fingerprint density at radius 2 is 1.82 bits per heavy atom. The highest BCUT2D eigenvalue weighted by molar-refractivity contribution is 8.00. The maximum Gasteiger partial charge on any atom is 0.338 e. The van der Waals surface area contributed by atoms with Gasteiger partial charge in [-0.1, -0.05) is 43.0 Å². The number of thioether (sulfide) groups is 1. The third kappa shape index (κ3) is 6.23. The molecule has 0 radical (unpaired) electrons. The molecule has 11 heteroatoms. The molecule has 0 saturated heterocycles. The Morgan fingerprint density at radius 3 is 2.50 bits per heavy atom. The maximum absolute atomic E-state index is 12.9. The molecule has 1 amide bonds. The summed E-state index contributed by atoms with van der Waals surface area (Å²) in [5.74, 6) is -0.749. The van der Waals surface area contributed by atoms with Crippen LogP contribution in [-0.2, 0) is 32.2 Å². The van der Waals surface area contributed by atoms with Crippen LogP contribution >= 0.6 is 11.8 Å². The Kier molecular flexibility index (Phi) is 8.46. The lowest BCUT2D eigenvalue weighted by atomic mass is 10.2. The molecule has 0 aliphatic carbocycles. The molecule has 2 aromatic carbocycles. The zero-order chi connectivity index (χ0) is 24.7. The standard InChI is InChI=1S/C23H26N4O5S2/c1-4-19(21(28)24-17-11-9-10-16(14-17)22(29)32-5-2)33-23-26-25-20(27(23)3)15-34(30,31)18-12-7-6-8-13-18/h6-14,19H,4-5,15H2,1-3H3,(H,24,28). The molecule has 3 rings (SSSR count). The van der Waals surface area contributed by atoms with E-state index in [1.54, 1.807) is 61.0 Å². The van der Waals surface area contributed by atoms with E-state index >= 15 is 0 Å². The van der Waals surface area contributed by atoms with Crippen LogP contribution in [0.25, 0.3) is 0 Å². The minimum atomic E-state index is -3.58. The summed E-state index contributed by atoms with van der Waals surface area (Å²) in [6.07, 6.45) is 0.499. The number of sulfone groups is 1. The van der Waals surface area contributed by atoms with Crippen LogP contribution in [0.2, 0.25) is 0 Å². The van der Waals surface area contributed by atoms with Crippen LogP contribution in [0.4, 0.5) is 5.69 Å². The molecule has 0 bridgehead atoms. The average Bonchev–Trinajstić information content (AvgIpc) is 3.16. The fourth-order valence-electron chi connectivity index (χ4n) is 3.07. The van der Waals surface area contributed by atoms with Crippen molar-refractivity contribution in [1.29, 1.82) is 0 Å². The van der Waals surface area contributed by atoms with Gasteiger partial charge in [-0.25, -0.2) is 13.2 Å². The molecular formula is C23H26N4O5S2. The fourth-order valence-corrected chi connectivity index (χ4v) is 5.33. The Bertz CT molecular complexity index is 1260. The average molecular weight is 503 g/mol. The van der Waals surface area contributed by atoms with Gasteiger partial charge in [-0.05, 0) is 43.7 Å². The van der Waals surface area contributed by atoms with Crippen molar-refractivity contribution in [2.24, 2.45) is 7.05 Å². The topological polar surface area (TPSA) is 120 Å². The van der Waals surface area contributed by atoms with Gasteiger partial charge in [0.05, 0.1) is 22.3 Å². The third-order valence-electron chi connectivity index (χ3n) is 4.90. The lowest BCUT2D eigenvalue weighted by molar-refractivity contribution is -0.115. The Hall–Kier alpha value is -3.18. The summed E-state index contributed by atoms with van der Waals surface area (Å²) in [4.78, 5) is 25.0. The van der Waals surface area contributed by atoms with Gasteiger partial charge in [-0.2, -0.15) is 0 Å². The van der Waals surface area contributed by atoms with Crippen molar-refractivity contribution in [1.82, 2.24) is 14.8 Å². The van der Waals surface area contributed by atoms with Crippen LogP contribution in [-0.4, -0.2) is 46.9 Å². The van der Waals surface area contributed by atoms with Crippen molar-refractivity contribution >= 4 is 39.2 Å². The van der Waals surface area contributed by atoms with Crippen molar-refractivity contribution in [3.05, 3.63) is 66.0 Å². The van der Waals surface area contributed by atoms with Gasteiger partial charge < -0.3 is 14.6 Å². The number of esters is 1. The van der Waals surface area contributed by atoms with Crippen LogP contribution in [0.3, 0.4) is 0 Å². The number of amides is 1. The molecule has 1 N–H and O–H groups in total. The molecule has 1 aromatic heterocycles. The van der Waals surface area contributed by atoms with E-state index in [-0.39, 0.29) is 29.0 Å². The molecule has 0 spiro atoms. The van der Waals surface area contributed by atoms with Crippen molar-refractivity contribution in [3.63, 3.8) is 0 Å². The molecular weight excluding hydrogens is 476 g/mol. The summed E-state index contributed by atoms with van der Waals surface area (Å²) in [5.41, 5.74) is 0.820. The summed E-state index contributed by atoms with van der Waals surface area (Å²) in [6, 6.07) is 14.7. The van der Waals surface area contributed by atoms with E-state index in [4.69, 9.17) is 4.74 Å². The van der Waals surface area contributed by atoms with Gasteiger partial charge in [0.25, 0.3) is 0 Å². The van der Waals surface area contributed by atoms with Crippen LogP contribution in [0, 0.1) is 0 Å². The quantitative estimate of drug-likeness (QED) is 0.330. The highest BCUT2D eigenvalue weighted by atomic mass is 32.2. The number of anilines is 1. The Balaban J connectivity index is 1.70. The molecule has 34 heavy (non-hydrogen) atoms. The number of nitrogens with one attached hydrogen (secondary N) is 1. The second-order valence-electron chi connectivity index (χ2n) is 7.34. The Morgan fingerprint density at radius 1 is 1.09 bits per heavy atom. The molecule has 1 unspecified atom stereocenters. The Labute approximate surface area is 202 Å². The van der Waals surface area contributed by atoms with E-state index in [9.17, 15) is 18.0 Å². The van der Waals surface area contributed by atoms with Crippen LogP contribution in [0.1, 0.15) is 36.5 Å². The molecule has 0 fully saturated rings. The van der Waals surface area contributed by atoms with E-state index in [2.05, 4.69) is 15.5 Å². The lowest BCUT2D eigenvalue weighted by Crippen LogP contribution is -2.25. The number of carbonyl (C=O) groups is 2. The molecule has 0 aliphatic heterocycles. The van der Waals surface area contributed by atoms with E-state index in [1.165, 1.54) is 23.9 Å². The van der Waals surface area contributed by atoms with Gasteiger partial charge in [-0.15, -0.1) is 10.2 Å². The first kappa shape index (κ1) is 25.4. The first-order valence-corrected chi connectivity index (χ1v) is 13.2. The second kappa shape index (κ2) is 11.3. The molecule has 3 aromatic rings. The zero-order valence-corrected chi connectivity index (χ0v) is 20.7. The van der Waals surface area contributed by atoms with E-state index < -0.39 is 21.1 Å². The van der Waals surface area contributed by atoms with Gasteiger partial charge >= 0.3 is 5.97 Å². The predicted molar refractivity (Wildman–Crippen MR) is 129 cm³/mol. The maximum atomic E-state index is 12.9. The number of rotatable bonds is 10. The first-order chi connectivity index (χ1) is 16.2. The van der Waals surface area contributed by atoms with Gasteiger partial charge in [0.1, 0.15) is 11.6 Å². The molecule has 9 nitrogen and oxygen atoms in total. The van der Waals surface area contributed by atoms with Gasteiger partial charge in [0.15, 0.2) is 15.0 Å². The molecule has 0 saturated carbocycles. The molecule has 0 aliphatic rings. The lowest BCUT2D eigenvalue weighted by Gasteiger charge is -2.15. The van der Waals surface area contributed by atoms with Crippen LogP contribution < -0.4 is 5.32 Å². The normalized spacial score (nSPS) is 12.2. The summed E-state index contributed by atoms with van der Waals surface area (Å²) < 4.78 is 32.0. The fraction of sp³-hybridized carbons (Fsp3) is 0.304. The largest absolute Gasteiger partial charge is 0.462 e. The smallest absolute Gasteiger partial charge is 0.338 e. The summed E-state index contributed by atoms with van der Waals surface area (Å²) in [7, 11) is -1.91. The van der Waals surface area contributed by atoms with Crippen LogP contribution in [0.5, 0.6) is 0 Å². The summed E-state index contributed by atoms with van der Waals surface area (Å²) in [6.45, 7) is 3.85. The van der Waals surface area contributed by atoms with Crippen molar-refractivity contribution in [2.45, 2.75) is 41.3 Å². The highest BCUT2D eigenvalue weighted by Crippen LogP contribution is 2.26. The zero-order valence-electron chi connectivity index (χ0n) is 19.1. The van der Waals surface area contributed by atoms with Crippen molar-refractivity contribution in [2.75, 3.05) is 11.9 Å². The number of carbonyl (C=O) groups excluding carboxylic acids is 2. The highest BCUT2D eigenvalue weighted by Gasteiger charge is 2.24. The van der Waals surface area contributed by atoms with E-state index in [0.29, 0.717) is 22.8 Å². The SMILES string of the molecule is CCOC(=O)c1cccc(NC(=O)C(CC)Sc2nnc(CS(=O)(=O)c3ccccc3)n2C)c1. The van der Waals surface area contributed by atoms with Crippen LogP contribution in [0.15, 0.2) is 64.6 Å². The third-order valence-corrected chi connectivity index (χ3v) is 7.93. The molecule has 1 atom stereocenters. The minimum Gasteiger partial charge on any atom is -0.462 e. The molecule has 1 heterocycles. The van der Waals surface area contributed by atoms with Gasteiger partial charge in [-0.3, -0.25) is 4.79 Å². The predicted octanol–water partition coefficient (Wildman–Crippen LogP) is 3.48. The van der Waals surface area contributed by atoms with E-state index in [0.717, 1.165) is 0 Å². The number of aromatic nitrogens is 3.